The van der Waals surface area contributed by atoms with Crippen LogP contribution in [0, 0.1) is 0 Å². The SMILES string of the molecule is NNc1nc2cc(C(F)(F)F)ccc2n1C1CCCCC1. The Labute approximate surface area is 120 Å². The summed E-state index contributed by atoms with van der Waals surface area (Å²) in [6.45, 7) is 0. The Morgan fingerprint density at radius 1 is 1.19 bits per heavy atom. The van der Waals surface area contributed by atoms with E-state index in [2.05, 4.69) is 10.4 Å². The number of hydrazine groups is 1. The fraction of sp³-hybridized carbons (Fsp3) is 0.500. The van der Waals surface area contributed by atoms with Gasteiger partial charge in [-0.15, -0.1) is 0 Å². The average Bonchev–Trinajstić information content (AvgIpc) is 2.84. The number of nitrogens with zero attached hydrogens (tertiary/aromatic N) is 2. The lowest BCUT2D eigenvalue weighted by molar-refractivity contribution is -0.137. The van der Waals surface area contributed by atoms with Crippen molar-refractivity contribution in [1.82, 2.24) is 9.55 Å². The summed E-state index contributed by atoms with van der Waals surface area (Å²) in [4.78, 5) is 4.21. The van der Waals surface area contributed by atoms with Gasteiger partial charge in [0, 0.05) is 6.04 Å². The van der Waals surface area contributed by atoms with Crippen molar-refractivity contribution < 1.29 is 13.2 Å². The van der Waals surface area contributed by atoms with Gasteiger partial charge in [0.15, 0.2) is 0 Å². The molecule has 1 aliphatic carbocycles. The number of hydrogen-bond donors (Lipinski definition) is 2. The minimum Gasteiger partial charge on any atom is -0.306 e. The number of fused-ring (bicyclic) bond motifs is 1. The van der Waals surface area contributed by atoms with Crippen LogP contribution in [-0.4, -0.2) is 9.55 Å². The first kappa shape index (κ1) is 14.2. The monoisotopic (exact) mass is 298 g/mol. The Morgan fingerprint density at radius 2 is 1.90 bits per heavy atom. The van der Waals surface area contributed by atoms with Crippen LogP contribution in [0.3, 0.4) is 0 Å². The highest BCUT2D eigenvalue weighted by Crippen LogP contribution is 2.36. The number of rotatable bonds is 2. The van der Waals surface area contributed by atoms with E-state index in [1.807, 2.05) is 4.57 Å². The quantitative estimate of drug-likeness (QED) is 0.654. The van der Waals surface area contributed by atoms with E-state index < -0.39 is 11.7 Å². The van der Waals surface area contributed by atoms with Crippen molar-refractivity contribution in [2.24, 2.45) is 5.84 Å². The van der Waals surface area contributed by atoms with Crippen LogP contribution in [0.25, 0.3) is 11.0 Å². The van der Waals surface area contributed by atoms with E-state index in [0.29, 0.717) is 17.0 Å². The lowest BCUT2D eigenvalue weighted by Gasteiger charge is -2.25. The molecule has 2 aromatic rings. The van der Waals surface area contributed by atoms with Crippen molar-refractivity contribution in [1.29, 1.82) is 0 Å². The predicted molar refractivity (Wildman–Crippen MR) is 74.7 cm³/mol. The van der Waals surface area contributed by atoms with Gasteiger partial charge in [-0.3, -0.25) is 5.43 Å². The molecular formula is C14H17F3N4. The van der Waals surface area contributed by atoms with Crippen molar-refractivity contribution in [2.75, 3.05) is 5.43 Å². The Balaban J connectivity index is 2.10. The maximum absolute atomic E-state index is 12.8. The van der Waals surface area contributed by atoms with Gasteiger partial charge in [0.25, 0.3) is 0 Å². The molecule has 1 fully saturated rings. The van der Waals surface area contributed by atoms with Crippen molar-refractivity contribution in [2.45, 2.75) is 44.3 Å². The van der Waals surface area contributed by atoms with Crippen molar-refractivity contribution >= 4 is 17.0 Å². The minimum atomic E-state index is -4.36. The summed E-state index contributed by atoms with van der Waals surface area (Å²) in [7, 11) is 0. The van der Waals surface area contributed by atoms with E-state index in [-0.39, 0.29) is 6.04 Å². The van der Waals surface area contributed by atoms with E-state index >= 15 is 0 Å². The molecule has 1 aromatic heterocycles. The first-order valence-electron chi connectivity index (χ1n) is 7.06. The van der Waals surface area contributed by atoms with Crippen molar-refractivity contribution in [3.63, 3.8) is 0 Å². The molecule has 0 aliphatic heterocycles. The summed E-state index contributed by atoms with van der Waals surface area (Å²) in [5.41, 5.74) is 2.84. The van der Waals surface area contributed by atoms with Gasteiger partial charge in [0.1, 0.15) is 0 Å². The highest BCUT2D eigenvalue weighted by molar-refractivity contribution is 5.79. The third-order valence-corrected chi connectivity index (χ3v) is 4.09. The Hall–Kier alpha value is -1.76. The van der Waals surface area contributed by atoms with Crippen LogP contribution >= 0.6 is 0 Å². The lowest BCUT2D eigenvalue weighted by atomic mass is 9.95. The highest BCUT2D eigenvalue weighted by Gasteiger charge is 2.31. The van der Waals surface area contributed by atoms with E-state index in [0.717, 1.165) is 37.8 Å². The van der Waals surface area contributed by atoms with E-state index in [9.17, 15) is 13.2 Å². The number of anilines is 1. The molecule has 0 bridgehead atoms. The van der Waals surface area contributed by atoms with Gasteiger partial charge in [0.05, 0.1) is 16.6 Å². The maximum Gasteiger partial charge on any atom is 0.416 e. The minimum absolute atomic E-state index is 0.242. The van der Waals surface area contributed by atoms with Gasteiger partial charge in [-0.2, -0.15) is 13.2 Å². The molecule has 0 amide bonds. The van der Waals surface area contributed by atoms with Crippen LogP contribution in [0.15, 0.2) is 18.2 Å². The molecule has 3 N–H and O–H groups in total. The number of aromatic nitrogens is 2. The Kier molecular flexibility index (Phi) is 3.52. The second kappa shape index (κ2) is 5.22. The van der Waals surface area contributed by atoms with Gasteiger partial charge in [0.2, 0.25) is 5.95 Å². The lowest BCUT2D eigenvalue weighted by Crippen LogP contribution is -2.18. The molecule has 0 spiro atoms. The molecule has 1 heterocycles. The summed E-state index contributed by atoms with van der Waals surface area (Å²) < 4.78 is 40.3. The smallest absolute Gasteiger partial charge is 0.306 e. The third-order valence-electron chi connectivity index (χ3n) is 4.09. The Bertz CT molecular complexity index is 641. The fourth-order valence-electron chi connectivity index (χ4n) is 3.09. The Morgan fingerprint density at radius 3 is 2.52 bits per heavy atom. The summed E-state index contributed by atoms with van der Waals surface area (Å²) in [5.74, 6) is 5.92. The van der Waals surface area contributed by atoms with E-state index in [1.165, 1.54) is 12.5 Å². The molecule has 114 valence electrons. The van der Waals surface area contributed by atoms with Crippen LogP contribution < -0.4 is 11.3 Å². The molecule has 7 heteroatoms. The van der Waals surface area contributed by atoms with E-state index in [1.54, 1.807) is 0 Å². The standard InChI is InChI=1S/C14H17F3N4/c15-14(16,17)9-6-7-12-11(8-9)19-13(20-18)21(12)10-4-2-1-3-5-10/h6-8,10H,1-5,18H2,(H,19,20). The summed E-state index contributed by atoms with van der Waals surface area (Å²) in [6, 6.07) is 3.91. The van der Waals surface area contributed by atoms with Gasteiger partial charge >= 0.3 is 6.18 Å². The molecule has 1 aliphatic rings. The molecule has 1 saturated carbocycles. The summed E-state index contributed by atoms with van der Waals surface area (Å²) in [6.07, 6.45) is 1.08. The number of nitrogens with two attached hydrogens (primary N) is 1. The van der Waals surface area contributed by atoms with Crippen LogP contribution in [-0.2, 0) is 6.18 Å². The topological polar surface area (TPSA) is 55.9 Å². The second-order valence-corrected chi connectivity index (χ2v) is 5.44. The number of halogens is 3. The number of hydrogen-bond acceptors (Lipinski definition) is 3. The van der Waals surface area contributed by atoms with Crippen LogP contribution in [0.1, 0.15) is 43.7 Å². The highest BCUT2D eigenvalue weighted by atomic mass is 19.4. The van der Waals surface area contributed by atoms with Crippen LogP contribution in [0.4, 0.5) is 19.1 Å². The molecule has 0 unspecified atom stereocenters. The molecule has 0 atom stereocenters. The predicted octanol–water partition coefficient (Wildman–Crippen LogP) is 3.85. The molecule has 3 rings (SSSR count). The number of nitrogen functional groups attached to an aromatic ring is 1. The summed E-state index contributed by atoms with van der Waals surface area (Å²) >= 11 is 0. The molecule has 21 heavy (non-hydrogen) atoms. The van der Waals surface area contributed by atoms with Gasteiger partial charge in [-0.05, 0) is 31.0 Å². The zero-order valence-electron chi connectivity index (χ0n) is 11.5. The van der Waals surface area contributed by atoms with Crippen molar-refractivity contribution in [3.8, 4) is 0 Å². The number of benzene rings is 1. The van der Waals surface area contributed by atoms with Gasteiger partial charge in [-0.25, -0.2) is 10.8 Å². The third kappa shape index (κ3) is 2.57. The molecular weight excluding hydrogens is 281 g/mol. The normalized spacial score (nSPS) is 17.3. The van der Waals surface area contributed by atoms with Gasteiger partial charge < -0.3 is 4.57 Å². The maximum atomic E-state index is 12.8. The number of nitrogens with one attached hydrogen (secondary N) is 1. The second-order valence-electron chi connectivity index (χ2n) is 5.44. The molecule has 0 radical (unpaired) electrons. The van der Waals surface area contributed by atoms with E-state index in [4.69, 9.17) is 5.84 Å². The molecule has 4 nitrogen and oxygen atoms in total. The zero-order valence-corrected chi connectivity index (χ0v) is 11.5. The summed E-state index contributed by atoms with van der Waals surface area (Å²) in [5, 5.41) is 0. The largest absolute Gasteiger partial charge is 0.416 e. The van der Waals surface area contributed by atoms with Crippen LogP contribution in [0.2, 0.25) is 0 Å². The van der Waals surface area contributed by atoms with Crippen LogP contribution in [0.5, 0.6) is 0 Å². The van der Waals surface area contributed by atoms with Crippen molar-refractivity contribution in [3.05, 3.63) is 23.8 Å². The van der Waals surface area contributed by atoms with Gasteiger partial charge in [-0.1, -0.05) is 19.3 Å². The average molecular weight is 298 g/mol. The molecule has 1 aromatic carbocycles. The molecule has 0 saturated heterocycles. The zero-order chi connectivity index (χ0) is 15.0. The first-order valence-corrected chi connectivity index (χ1v) is 7.06. The fourth-order valence-corrected chi connectivity index (χ4v) is 3.09. The number of imidazole rings is 1. The first-order chi connectivity index (χ1) is 10.0. The number of alkyl halides is 3.